The number of aromatic nitrogens is 3. The van der Waals surface area contributed by atoms with Gasteiger partial charge in [0.15, 0.2) is 15.8 Å². The Bertz CT molecular complexity index is 1080. The second-order valence-electron chi connectivity index (χ2n) is 6.91. The summed E-state index contributed by atoms with van der Waals surface area (Å²) < 4.78 is 33.3. The molecule has 3 rings (SSSR count). The summed E-state index contributed by atoms with van der Waals surface area (Å²) in [5.41, 5.74) is 1.43. The average molecular weight is 448 g/mol. The minimum atomic E-state index is -3.90. The van der Waals surface area contributed by atoms with Gasteiger partial charge < -0.3 is 9.84 Å². The second kappa shape index (κ2) is 9.48. The molecule has 0 bridgehead atoms. The Labute approximate surface area is 180 Å². The molecule has 3 aromatic rings. The molecule has 0 aliphatic rings. The summed E-state index contributed by atoms with van der Waals surface area (Å²) in [4.78, 5) is 8.97. The van der Waals surface area contributed by atoms with Gasteiger partial charge in [0, 0.05) is 17.9 Å². The third kappa shape index (κ3) is 5.51. The summed E-state index contributed by atoms with van der Waals surface area (Å²) in [5, 5.41) is 7.49. The first kappa shape index (κ1) is 22.1. The minimum absolute atomic E-state index is 0.0241. The van der Waals surface area contributed by atoms with Gasteiger partial charge in [-0.2, -0.15) is 0 Å². The van der Waals surface area contributed by atoms with Crippen molar-refractivity contribution in [3.8, 4) is 0 Å². The van der Waals surface area contributed by atoms with Gasteiger partial charge in [0.25, 0.3) is 10.0 Å². The van der Waals surface area contributed by atoms with Crippen molar-refractivity contribution in [3.05, 3.63) is 53.4 Å². The maximum Gasteiger partial charge on any atom is 0.268 e. The quantitative estimate of drug-likeness (QED) is 0.367. The third-order valence-electron chi connectivity index (χ3n) is 4.40. The highest BCUT2D eigenvalue weighted by Crippen LogP contribution is 2.26. The number of benzene rings is 1. The van der Waals surface area contributed by atoms with E-state index >= 15 is 0 Å². The zero-order valence-electron chi connectivity index (χ0n) is 17.3. The Kier molecular flexibility index (Phi) is 6.99. The summed E-state index contributed by atoms with van der Waals surface area (Å²) in [6.07, 6.45) is 0.899. The fraction of sp³-hybridized carbons (Fsp3) is 0.350. The van der Waals surface area contributed by atoms with E-state index in [1.54, 1.807) is 19.9 Å². The molecule has 0 spiro atoms. The molecule has 0 aliphatic heterocycles. The fourth-order valence-electron chi connectivity index (χ4n) is 2.74. The molecule has 1 atom stereocenters. The van der Waals surface area contributed by atoms with Crippen molar-refractivity contribution in [3.63, 3.8) is 0 Å². The molecule has 2 aromatic heterocycles. The van der Waals surface area contributed by atoms with E-state index in [1.807, 2.05) is 37.3 Å². The van der Waals surface area contributed by atoms with E-state index in [9.17, 15) is 8.42 Å². The van der Waals surface area contributed by atoms with Crippen LogP contribution in [0, 0.1) is 13.8 Å². The van der Waals surface area contributed by atoms with E-state index < -0.39 is 10.0 Å². The van der Waals surface area contributed by atoms with Gasteiger partial charge in [-0.15, -0.1) is 0 Å². The van der Waals surface area contributed by atoms with Gasteiger partial charge in [0.05, 0.1) is 0 Å². The average Bonchev–Trinajstić information content (AvgIpc) is 3.05. The molecular formula is C20H25N5O3S2. The normalized spacial score (nSPS) is 12.5. The lowest BCUT2D eigenvalue weighted by molar-refractivity contribution is 0.390. The number of rotatable bonds is 9. The van der Waals surface area contributed by atoms with Crippen LogP contribution < -0.4 is 10.0 Å². The van der Waals surface area contributed by atoms with Crippen molar-refractivity contribution in [2.24, 2.45) is 0 Å². The molecule has 0 amide bonds. The Morgan fingerprint density at radius 1 is 1.13 bits per heavy atom. The summed E-state index contributed by atoms with van der Waals surface area (Å²) >= 11 is 1.44. The number of nitrogens with one attached hydrogen (secondary N) is 2. The second-order valence-corrected chi connectivity index (χ2v) is 9.47. The van der Waals surface area contributed by atoms with Crippen LogP contribution in [0.15, 0.2) is 51.0 Å². The Balaban J connectivity index is 1.89. The van der Waals surface area contributed by atoms with Crippen LogP contribution in [0.5, 0.6) is 0 Å². The number of thioether (sulfide) groups is 1. The van der Waals surface area contributed by atoms with Crippen LogP contribution in [0.3, 0.4) is 0 Å². The first-order valence-electron chi connectivity index (χ1n) is 9.56. The Morgan fingerprint density at radius 3 is 2.47 bits per heavy atom. The molecule has 0 radical (unpaired) electrons. The monoisotopic (exact) mass is 447 g/mol. The first-order chi connectivity index (χ1) is 14.3. The molecule has 1 aromatic carbocycles. The summed E-state index contributed by atoms with van der Waals surface area (Å²) in [5.74, 6) is 1.65. The lowest BCUT2D eigenvalue weighted by Crippen LogP contribution is -2.18. The maximum absolute atomic E-state index is 12.9. The van der Waals surface area contributed by atoms with Gasteiger partial charge in [-0.05, 0) is 32.8 Å². The van der Waals surface area contributed by atoms with Crippen molar-refractivity contribution in [1.82, 2.24) is 15.1 Å². The number of nitrogens with zero attached hydrogens (tertiary/aromatic N) is 3. The largest absolute Gasteiger partial charge is 0.367 e. The van der Waals surface area contributed by atoms with Crippen LogP contribution in [-0.2, 0) is 15.8 Å². The van der Waals surface area contributed by atoms with Gasteiger partial charge in [0.1, 0.15) is 17.3 Å². The lowest BCUT2D eigenvalue weighted by atomic mass is 10.2. The van der Waals surface area contributed by atoms with Crippen LogP contribution in [0.25, 0.3) is 0 Å². The molecule has 2 N–H and O–H groups in total. The molecule has 8 nitrogen and oxygen atoms in total. The van der Waals surface area contributed by atoms with Crippen LogP contribution in [0.1, 0.15) is 37.3 Å². The zero-order valence-corrected chi connectivity index (χ0v) is 19.0. The Morgan fingerprint density at radius 2 is 1.83 bits per heavy atom. The minimum Gasteiger partial charge on any atom is -0.367 e. The van der Waals surface area contributed by atoms with Crippen LogP contribution >= 0.6 is 11.8 Å². The van der Waals surface area contributed by atoms with E-state index in [1.165, 1.54) is 11.8 Å². The molecule has 160 valence electrons. The molecule has 2 heterocycles. The molecule has 0 saturated carbocycles. The zero-order chi connectivity index (χ0) is 21.7. The first-order valence-corrected chi connectivity index (χ1v) is 12.0. The highest BCUT2D eigenvalue weighted by atomic mass is 32.2. The van der Waals surface area contributed by atoms with Crippen LogP contribution in [0.4, 0.5) is 11.6 Å². The van der Waals surface area contributed by atoms with Crippen molar-refractivity contribution < 1.29 is 12.9 Å². The van der Waals surface area contributed by atoms with Gasteiger partial charge in [-0.3, -0.25) is 4.72 Å². The summed E-state index contributed by atoms with van der Waals surface area (Å²) in [6, 6.07) is 11.7. The van der Waals surface area contributed by atoms with Gasteiger partial charge in [-0.25, -0.2) is 18.4 Å². The molecule has 0 aliphatic carbocycles. The predicted octanol–water partition coefficient (Wildman–Crippen LogP) is 4.38. The van der Waals surface area contributed by atoms with Crippen LogP contribution in [-0.4, -0.2) is 29.6 Å². The van der Waals surface area contributed by atoms with Crippen molar-refractivity contribution in [2.45, 2.75) is 56.0 Å². The highest BCUT2D eigenvalue weighted by Gasteiger charge is 2.25. The molecule has 30 heavy (non-hydrogen) atoms. The number of hydrogen-bond donors (Lipinski definition) is 2. The number of aryl methyl sites for hydroxylation is 2. The smallest absolute Gasteiger partial charge is 0.268 e. The molecule has 0 unspecified atom stereocenters. The Hall–Kier alpha value is -2.59. The van der Waals surface area contributed by atoms with E-state index in [-0.39, 0.29) is 22.5 Å². The maximum atomic E-state index is 12.9. The topological polar surface area (TPSA) is 110 Å². The van der Waals surface area contributed by atoms with Crippen LogP contribution in [0.2, 0.25) is 0 Å². The van der Waals surface area contributed by atoms with E-state index in [0.717, 1.165) is 12.0 Å². The van der Waals surface area contributed by atoms with Crippen molar-refractivity contribution >= 4 is 33.4 Å². The molecule has 0 fully saturated rings. The van der Waals surface area contributed by atoms with Gasteiger partial charge in [0.2, 0.25) is 0 Å². The fourth-order valence-corrected chi connectivity index (χ4v) is 4.88. The number of hydrogen-bond acceptors (Lipinski definition) is 8. The van der Waals surface area contributed by atoms with Gasteiger partial charge in [-0.1, -0.05) is 54.2 Å². The third-order valence-corrected chi connectivity index (χ3v) is 6.92. The number of anilines is 2. The van der Waals surface area contributed by atoms with E-state index in [4.69, 9.17) is 4.52 Å². The molecule has 10 heteroatoms. The van der Waals surface area contributed by atoms with E-state index in [0.29, 0.717) is 22.4 Å². The number of sulfonamides is 1. The lowest BCUT2D eigenvalue weighted by Gasteiger charge is -2.15. The predicted molar refractivity (Wildman–Crippen MR) is 118 cm³/mol. The standard InChI is InChI=1S/C20H25N5O3S2/c1-5-13(2)21-17-11-18(25-30(26,27)19-14(3)24-28-15(19)4)23-20(22-17)29-12-16-9-7-6-8-10-16/h6-11,13H,5,12H2,1-4H3,(H2,21,22,23,25)/t13-/m1/s1. The van der Waals surface area contributed by atoms with Crippen molar-refractivity contribution in [1.29, 1.82) is 0 Å². The van der Waals surface area contributed by atoms with Crippen molar-refractivity contribution in [2.75, 3.05) is 10.0 Å². The summed E-state index contributed by atoms with van der Waals surface area (Å²) in [6.45, 7) is 7.24. The SMILES string of the molecule is CC[C@@H](C)Nc1cc(NS(=O)(=O)c2c(C)noc2C)nc(SCc2ccccc2)n1. The highest BCUT2D eigenvalue weighted by molar-refractivity contribution is 7.98. The van der Waals surface area contributed by atoms with Gasteiger partial charge >= 0.3 is 0 Å². The molecular weight excluding hydrogens is 422 g/mol. The van der Waals surface area contributed by atoms with E-state index in [2.05, 4.69) is 32.1 Å². The summed E-state index contributed by atoms with van der Waals surface area (Å²) in [7, 11) is -3.90. The molecule has 0 saturated heterocycles.